The second-order valence-electron chi connectivity index (χ2n) is 6.66. The van der Waals surface area contributed by atoms with Gasteiger partial charge in [0.05, 0.1) is 17.2 Å². The third kappa shape index (κ3) is 5.70. The van der Waals surface area contributed by atoms with E-state index in [0.29, 0.717) is 21.5 Å². The van der Waals surface area contributed by atoms with Crippen molar-refractivity contribution < 1.29 is 4.79 Å². The van der Waals surface area contributed by atoms with Crippen molar-refractivity contribution in [2.45, 2.75) is 5.16 Å². The van der Waals surface area contributed by atoms with E-state index >= 15 is 0 Å². The molecule has 0 atom stereocenters. The molecule has 2 aromatic carbocycles. The Morgan fingerprint density at radius 2 is 1.91 bits per heavy atom. The molecule has 3 aromatic rings. The Kier molecular flexibility index (Phi) is 7.24. The van der Waals surface area contributed by atoms with Gasteiger partial charge >= 0.3 is 0 Å². The minimum atomic E-state index is -0.574. The quantitative estimate of drug-likeness (QED) is 0.412. The predicted octanol–water partition coefficient (Wildman–Crippen LogP) is 3.68. The Balaban J connectivity index is 1.43. The van der Waals surface area contributed by atoms with Gasteiger partial charge in [-0.2, -0.15) is 10.4 Å². The lowest BCUT2D eigenvalue weighted by atomic mass is 10.1. The van der Waals surface area contributed by atoms with E-state index in [1.165, 1.54) is 11.8 Å². The molecule has 0 radical (unpaired) electrons. The first-order valence-corrected chi connectivity index (χ1v) is 11.9. The maximum Gasteiger partial charge on any atom is 0.270 e. The summed E-state index contributed by atoms with van der Waals surface area (Å²) in [6, 6.07) is 18.2. The van der Waals surface area contributed by atoms with Crippen molar-refractivity contribution in [1.29, 1.82) is 5.26 Å². The van der Waals surface area contributed by atoms with Gasteiger partial charge in [0, 0.05) is 16.3 Å². The second kappa shape index (κ2) is 10.5. The highest BCUT2D eigenvalue weighted by Crippen LogP contribution is 2.23. The number of hydrogen-bond donors (Lipinski definition) is 2. The summed E-state index contributed by atoms with van der Waals surface area (Å²) in [5.41, 5.74) is 1.95. The third-order valence-electron chi connectivity index (χ3n) is 4.43. The highest BCUT2D eigenvalue weighted by Gasteiger charge is 2.17. The van der Waals surface area contributed by atoms with Crippen LogP contribution in [-0.2, 0) is 4.79 Å². The van der Waals surface area contributed by atoms with Crippen molar-refractivity contribution in [3.8, 4) is 17.3 Å². The van der Waals surface area contributed by atoms with E-state index in [1.54, 1.807) is 24.3 Å². The largest absolute Gasteiger partial charge is 0.303 e. The SMILES string of the molecule is N#Cc1c(-c2ccc(Cl)cc2)nc(SCC(=O)NC2=NN=C(c3ccccc3)CS2)[nH]c1=O. The van der Waals surface area contributed by atoms with Crippen molar-refractivity contribution in [2.24, 2.45) is 10.2 Å². The molecule has 1 aliphatic heterocycles. The monoisotopic (exact) mass is 494 g/mol. The fraction of sp³-hybridized carbons (Fsp3) is 0.0909. The minimum absolute atomic E-state index is 0.0102. The number of nitriles is 1. The molecular weight excluding hydrogens is 480 g/mol. The normalized spacial score (nSPS) is 13.0. The Labute approximate surface area is 202 Å². The van der Waals surface area contributed by atoms with E-state index in [2.05, 4.69) is 25.5 Å². The first-order valence-electron chi connectivity index (χ1n) is 9.59. The fourth-order valence-electron chi connectivity index (χ4n) is 2.86. The Bertz CT molecular complexity index is 1350. The lowest BCUT2D eigenvalue weighted by Crippen LogP contribution is -2.32. The Morgan fingerprint density at radius 3 is 2.58 bits per heavy atom. The van der Waals surface area contributed by atoms with E-state index in [0.717, 1.165) is 23.0 Å². The number of halogens is 1. The van der Waals surface area contributed by atoms with Crippen molar-refractivity contribution in [1.82, 2.24) is 15.3 Å². The number of aromatic nitrogens is 2. The van der Waals surface area contributed by atoms with Crippen LogP contribution in [-0.4, -0.2) is 38.3 Å². The number of nitrogens with zero attached hydrogens (tertiary/aromatic N) is 4. The molecule has 1 aliphatic rings. The first-order chi connectivity index (χ1) is 16.0. The van der Waals surface area contributed by atoms with E-state index in [9.17, 15) is 14.9 Å². The number of H-pyrrole nitrogens is 1. The van der Waals surface area contributed by atoms with Gasteiger partial charge in [0.15, 0.2) is 10.3 Å². The summed E-state index contributed by atoms with van der Waals surface area (Å²) >= 11 is 8.35. The number of carbonyl (C=O) groups is 1. The van der Waals surface area contributed by atoms with Crippen LogP contribution >= 0.6 is 35.1 Å². The summed E-state index contributed by atoms with van der Waals surface area (Å²) in [5, 5.41) is 21.5. The smallest absolute Gasteiger partial charge is 0.270 e. The Morgan fingerprint density at radius 1 is 1.15 bits per heavy atom. The highest BCUT2D eigenvalue weighted by atomic mass is 35.5. The number of rotatable bonds is 5. The van der Waals surface area contributed by atoms with Gasteiger partial charge in [0.1, 0.15) is 11.6 Å². The molecule has 0 spiro atoms. The van der Waals surface area contributed by atoms with Gasteiger partial charge in [-0.05, 0) is 17.7 Å². The zero-order valence-corrected chi connectivity index (χ0v) is 19.3. The van der Waals surface area contributed by atoms with Gasteiger partial charge in [0.2, 0.25) is 5.91 Å². The third-order valence-corrected chi connectivity index (χ3v) is 6.43. The maximum atomic E-state index is 12.4. The fourth-order valence-corrected chi connectivity index (χ4v) is 4.43. The number of thioether (sulfide) groups is 2. The zero-order valence-electron chi connectivity index (χ0n) is 16.9. The summed E-state index contributed by atoms with van der Waals surface area (Å²) in [6.07, 6.45) is 0. The topological polar surface area (TPSA) is 123 Å². The molecule has 8 nitrogen and oxygen atoms in total. The van der Waals surface area contributed by atoms with Gasteiger partial charge in [-0.25, -0.2) is 4.98 Å². The molecule has 0 saturated carbocycles. The molecule has 0 unspecified atom stereocenters. The molecule has 164 valence electrons. The molecule has 11 heteroatoms. The van der Waals surface area contributed by atoms with Crippen molar-refractivity contribution in [3.05, 3.63) is 81.1 Å². The molecular formula is C22H15ClN6O2S2. The molecule has 0 bridgehead atoms. The average molecular weight is 495 g/mol. The summed E-state index contributed by atoms with van der Waals surface area (Å²) in [5.74, 6) is 0.263. The number of amides is 1. The number of carbonyl (C=O) groups excluding carboxylic acids is 1. The van der Waals surface area contributed by atoms with Gasteiger partial charge in [-0.1, -0.05) is 77.6 Å². The van der Waals surface area contributed by atoms with Crippen LogP contribution in [0.5, 0.6) is 0 Å². The molecule has 0 fully saturated rings. The molecule has 1 aromatic heterocycles. The van der Waals surface area contributed by atoms with Crippen LogP contribution in [0.15, 0.2) is 74.8 Å². The maximum absolute atomic E-state index is 12.4. The van der Waals surface area contributed by atoms with Crippen molar-refractivity contribution in [2.75, 3.05) is 11.5 Å². The summed E-state index contributed by atoms with van der Waals surface area (Å²) < 4.78 is 0. The lowest BCUT2D eigenvalue weighted by Gasteiger charge is -2.12. The van der Waals surface area contributed by atoms with E-state index in [1.807, 2.05) is 36.4 Å². The minimum Gasteiger partial charge on any atom is -0.303 e. The van der Waals surface area contributed by atoms with Crippen molar-refractivity contribution in [3.63, 3.8) is 0 Å². The number of nitrogens with one attached hydrogen (secondary N) is 2. The molecule has 1 amide bonds. The molecule has 33 heavy (non-hydrogen) atoms. The summed E-state index contributed by atoms with van der Waals surface area (Å²) in [6.45, 7) is 0. The second-order valence-corrected chi connectivity index (χ2v) is 9.02. The number of aromatic amines is 1. The molecule has 0 saturated heterocycles. The zero-order chi connectivity index (χ0) is 23.2. The number of amidine groups is 1. The number of benzene rings is 2. The van der Waals surface area contributed by atoms with Crippen LogP contribution in [0.3, 0.4) is 0 Å². The molecule has 2 N–H and O–H groups in total. The Hall–Kier alpha value is -3.39. The lowest BCUT2D eigenvalue weighted by molar-refractivity contribution is -0.117. The van der Waals surface area contributed by atoms with Crippen molar-refractivity contribution >= 4 is 51.9 Å². The van der Waals surface area contributed by atoms with Gasteiger partial charge < -0.3 is 10.3 Å². The summed E-state index contributed by atoms with van der Waals surface area (Å²) in [4.78, 5) is 31.6. The predicted molar refractivity (Wildman–Crippen MR) is 132 cm³/mol. The van der Waals surface area contributed by atoms with Crippen LogP contribution in [0.1, 0.15) is 11.1 Å². The van der Waals surface area contributed by atoms with Gasteiger partial charge in [0.25, 0.3) is 5.56 Å². The number of hydrogen-bond acceptors (Lipinski definition) is 8. The highest BCUT2D eigenvalue weighted by molar-refractivity contribution is 8.14. The molecule has 2 heterocycles. The van der Waals surface area contributed by atoms with Crippen LogP contribution in [0, 0.1) is 11.3 Å². The van der Waals surface area contributed by atoms with Crippen LogP contribution in [0.25, 0.3) is 11.3 Å². The van der Waals surface area contributed by atoms with E-state index < -0.39 is 5.56 Å². The van der Waals surface area contributed by atoms with E-state index in [4.69, 9.17) is 11.6 Å². The van der Waals surface area contributed by atoms with E-state index in [-0.39, 0.29) is 28.1 Å². The van der Waals surface area contributed by atoms with Gasteiger partial charge in [-0.15, -0.1) is 5.10 Å². The van der Waals surface area contributed by atoms with Crippen LogP contribution in [0.4, 0.5) is 0 Å². The molecule has 4 rings (SSSR count). The average Bonchev–Trinajstić information content (AvgIpc) is 2.84. The van der Waals surface area contributed by atoms with Crippen LogP contribution < -0.4 is 10.9 Å². The first kappa shape index (κ1) is 22.8. The molecule has 0 aliphatic carbocycles. The standard InChI is InChI=1S/C22H15ClN6O2S2/c23-15-8-6-14(7-9-15)19-16(10-24)20(31)27-21(26-19)33-12-18(30)25-22-29-28-17(11-32-22)13-4-2-1-3-5-13/h1-9H,11-12H2,(H,25,29,30)(H,26,27,31). The van der Waals surface area contributed by atoms with Crippen LogP contribution in [0.2, 0.25) is 5.02 Å². The summed E-state index contributed by atoms with van der Waals surface area (Å²) in [7, 11) is 0. The van der Waals surface area contributed by atoms with Gasteiger partial charge in [-0.3, -0.25) is 9.59 Å².